The fourth-order valence-corrected chi connectivity index (χ4v) is 6.17. The SMILES string of the molecule is C[C@@H](NP(=O)(Oc1ccccc1)O[C@@H]1C[C@H](n2cnc3c(N)nc(Cl)nc32)O[C@@H]1CO)C(=O)OCc1ccccc1. The lowest BCUT2D eigenvalue weighted by atomic mass is 10.2. The van der Waals surface area contributed by atoms with Crippen LogP contribution in [0.25, 0.3) is 11.2 Å². The fraction of sp³-hybridized carbons (Fsp3) is 0.308. The molecule has 5 rings (SSSR count). The summed E-state index contributed by atoms with van der Waals surface area (Å²) in [5.74, 6) is -0.319. The minimum absolute atomic E-state index is 0.0398. The van der Waals surface area contributed by atoms with Crippen LogP contribution in [0.3, 0.4) is 0 Å². The van der Waals surface area contributed by atoms with E-state index in [9.17, 15) is 14.5 Å². The Morgan fingerprint density at radius 2 is 1.93 bits per heavy atom. The number of aliphatic hydroxyl groups is 1. The third kappa shape index (κ3) is 6.84. The van der Waals surface area contributed by atoms with Crippen molar-refractivity contribution in [1.29, 1.82) is 0 Å². The summed E-state index contributed by atoms with van der Waals surface area (Å²) in [6.07, 6.45) is -0.981. The number of hydrogen-bond donors (Lipinski definition) is 3. The number of halogens is 1. The molecule has 1 unspecified atom stereocenters. The van der Waals surface area contributed by atoms with Gasteiger partial charge in [-0.15, -0.1) is 0 Å². The maximum Gasteiger partial charge on any atom is 0.459 e. The topological polar surface area (TPSA) is 173 Å². The highest BCUT2D eigenvalue weighted by molar-refractivity contribution is 7.52. The summed E-state index contributed by atoms with van der Waals surface area (Å²) >= 11 is 5.99. The molecular formula is C26H28ClN6O7P. The number of anilines is 1. The van der Waals surface area contributed by atoms with Gasteiger partial charge in [0.1, 0.15) is 42.4 Å². The average Bonchev–Trinajstić information content (AvgIpc) is 3.56. The van der Waals surface area contributed by atoms with Crippen LogP contribution in [-0.2, 0) is 30.0 Å². The normalized spacial score (nSPS) is 20.9. The Morgan fingerprint density at radius 1 is 1.22 bits per heavy atom. The van der Waals surface area contributed by atoms with Gasteiger partial charge in [-0.05, 0) is 36.2 Å². The summed E-state index contributed by atoms with van der Waals surface area (Å²) in [5.41, 5.74) is 7.36. The predicted octanol–water partition coefficient (Wildman–Crippen LogP) is 3.64. The van der Waals surface area contributed by atoms with Crippen LogP contribution in [0.5, 0.6) is 5.75 Å². The number of carbonyl (C=O) groups is 1. The standard InChI is InChI=1S/C26H28ClN6O7P/c1-16(25(35)37-14-17-8-4-2-5-9-17)32-41(36,39-18-10-6-3-7-11-18)40-19-12-21(38-20(19)13-34)33-15-29-22-23(28)30-26(27)31-24(22)33/h2-11,15-16,19-21,34H,12-14H2,1H3,(H,32,36)(H2,28,30,31)/t16-,19-,20-,21-,41?/m1/s1. The van der Waals surface area contributed by atoms with Crippen molar-refractivity contribution >= 4 is 42.3 Å². The van der Waals surface area contributed by atoms with Gasteiger partial charge in [0, 0.05) is 6.42 Å². The molecule has 0 amide bonds. The third-order valence-electron chi connectivity index (χ3n) is 6.26. The van der Waals surface area contributed by atoms with Crippen molar-refractivity contribution < 1.29 is 33.0 Å². The number of nitrogens with two attached hydrogens (primary N) is 1. The predicted molar refractivity (Wildman–Crippen MR) is 149 cm³/mol. The van der Waals surface area contributed by atoms with Gasteiger partial charge in [-0.25, -0.2) is 9.55 Å². The third-order valence-corrected chi connectivity index (χ3v) is 8.14. The van der Waals surface area contributed by atoms with E-state index in [4.69, 9.17) is 35.9 Å². The van der Waals surface area contributed by atoms with Gasteiger partial charge in [-0.2, -0.15) is 15.1 Å². The van der Waals surface area contributed by atoms with E-state index in [1.165, 1.54) is 13.3 Å². The average molecular weight is 603 g/mol. The van der Waals surface area contributed by atoms with E-state index in [-0.39, 0.29) is 29.9 Å². The van der Waals surface area contributed by atoms with Gasteiger partial charge in [0.05, 0.1) is 12.9 Å². The Morgan fingerprint density at radius 3 is 2.63 bits per heavy atom. The zero-order valence-corrected chi connectivity index (χ0v) is 23.5. The van der Waals surface area contributed by atoms with Crippen LogP contribution < -0.4 is 15.3 Å². The summed E-state index contributed by atoms with van der Waals surface area (Å²) in [6.45, 7) is 1.07. The highest BCUT2D eigenvalue weighted by Crippen LogP contribution is 2.49. The summed E-state index contributed by atoms with van der Waals surface area (Å²) in [7, 11) is -4.25. The van der Waals surface area contributed by atoms with Crippen LogP contribution in [0, 0.1) is 0 Å². The summed E-state index contributed by atoms with van der Waals surface area (Å²) in [5, 5.41) is 12.7. The number of rotatable bonds is 11. The van der Waals surface area contributed by atoms with E-state index < -0.39 is 44.8 Å². The van der Waals surface area contributed by atoms with E-state index >= 15 is 0 Å². The van der Waals surface area contributed by atoms with Crippen molar-refractivity contribution in [3.05, 3.63) is 77.8 Å². The summed E-state index contributed by atoms with van der Waals surface area (Å²) < 4.78 is 38.8. The molecule has 216 valence electrons. The number of nitrogens with one attached hydrogen (secondary N) is 1. The number of benzene rings is 2. The molecule has 4 aromatic rings. The molecule has 1 fully saturated rings. The molecule has 3 heterocycles. The van der Waals surface area contributed by atoms with Gasteiger partial charge in [-0.1, -0.05) is 48.5 Å². The van der Waals surface area contributed by atoms with Crippen molar-refractivity contribution in [3.63, 3.8) is 0 Å². The van der Waals surface area contributed by atoms with Crippen LogP contribution in [0.1, 0.15) is 25.1 Å². The van der Waals surface area contributed by atoms with E-state index in [2.05, 4.69) is 20.0 Å². The van der Waals surface area contributed by atoms with Gasteiger partial charge in [0.15, 0.2) is 11.5 Å². The molecule has 41 heavy (non-hydrogen) atoms. The molecule has 13 nitrogen and oxygen atoms in total. The molecule has 0 aliphatic carbocycles. The maximum absolute atomic E-state index is 14.1. The number of imidazole rings is 1. The molecule has 15 heteroatoms. The van der Waals surface area contributed by atoms with Crippen molar-refractivity contribution in [3.8, 4) is 5.75 Å². The molecule has 1 saturated heterocycles. The van der Waals surface area contributed by atoms with E-state index in [0.717, 1.165) is 5.56 Å². The molecule has 5 atom stereocenters. The second-order valence-corrected chi connectivity index (χ2v) is 11.2. The quantitative estimate of drug-likeness (QED) is 0.129. The van der Waals surface area contributed by atoms with E-state index in [1.54, 1.807) is 34.9 Å². The first-order chi connectivity index (χ1) is 19.7. The molecule has 1 aliphatic heterocycles. The first kappa shape index (κ1) is 28.9. The van der Waals surface area contributed by atoms with Crippen molar-refractivity contribution in [2.45, 2.75) is 44.4 Å². The van der Waals surface area contributed by atoms with Gasteiger partial charge >= 0.3 is 13.7 Å². The number of ether oxygens (including phenoxy) is 2. The Kier molecular flexibility index (Phi) is 8.83. The summed E-state index contributed by atoms with van der Waals surface area (Å²) in [4.78, 5) is 25.1. The highest BCUT2D eigenvalue weighted by Gasteiger charge is 2.44. The lowest BCUT2D eigenvalue weighted by Gasteiger charge is -2.26. The van der Waals surface area contributed by atoms with Gasteiger partial charge < -0.3 is 24.8 Å². The number of nitrogen functional groups attached to an aromatic ring is 1. The number of nitrogens with zero attached hydrogens (tertiary/aromatic N) is 4. The molecule has 2 aromatic carbocycles. The number of fused-ring (bicyclic) bond motifs is 1. The van der Waals surface area contributed by atoms with Crippen LogP contribution in [0.4, 0.5) is 5.82 Å². The minimum Gasteiger partial charge on any atom is -0.460 e. The van der Waals surface area contributed by atoms with Gasteiger partial charge in [0.25, 0.3) is 0 Å². The fourth-order valence-electron chi connectivity index (χ4n) is 4.29. The largest absolute Gasteiger partial charge is 0.460 e. The summed E-state index contributed by atoms with van der Waals surface area (Å²) in [6, 6.07) is 16.4. The number of aromatic nitrogens is 4. The Labute approximate surface area is 240 Å². The Balaban J connectivity index is 1.34. The smallest absolute Gasteiger partial charge is 0.459 e. The Bertz CT molecular complexity index is 1540. The molecular weight excluding hydrogens is 575 g/mol. The second-order valence-electron chi connectivity index (χ2n) is 9.24. The molecule has 1 aliphatic rings. The van der Waals surface area contributed by atoms with E-state index in [1.807, 2.05) is 30.3 Å². The van der Waals surface area contributed by atoms with Crippen molar-refractivity contribution in [2.75, 3.05) is 12.3 Å². The first-order valence-corrected chi connectivity index (χ1v) is 14.6. The lowest BCUT2D eigenvalue weighted by Crippen LogP contribution is -2.37. The van der Waals surface area contributed by atoms with Gasteiger partial charge in [-0.3, -0.25) is 13.9 Å². The van der Waals surface area contributed by atoms with E-state index in [0.29, 0.717) is 11.2 Å². The second kappa shape index (κ2) is 12.5. The zero-order valence-electron chi connectivity index (χ0n) is 21.9. The van der Waals surface area contributed by atoms with Crippen molar-refractivity contribution in [1.82, 2.24) is 24.6 Å². The van der Waals surface area contributed by atoms with Crippen LogP contribution in [0.2, 0.25) is 5.28 Å². The molecule has 4 N–H and O–H groups in total. The number of aliphatic hydroxyl groups excluding tert-OH is 1. The molecule has 0 spiro atoms. The number of esters is 1. The number of hydrogen-bond acceptors (Lipinski definition) is 11. The maximum atomic E-state index is 14.1. The van der Waals surface area contributed by atoms with Crippen LogP contribution in [-0.4, -0.2) is 55.5 Å². The van der Waals surface area contributed by atoms with Gasteiger partial charge in [0.2, 0.25) is 5.28 Å². The highest BCUT2D eigenvalue weighted by atomic mass is 35.5. The van der Waals surface area contributed by atoms with Crippen LogP contribution in [0.15, 0.2) is 67.0 Å². The lowest BCUT2D eigenvalue weighted by molar-refractivity contribution is -0.146. The molecule has 0 saturated carbocycles. The number of carbonyl (C=O) groups excluding carboxylic acids is 1. The van der Waals surface area contributed by atoms with Crippen molar-refractivity contribution in [2.24, 2.45) is 0 Å². The molecule has 2 aromatic heterocycles. The molecule has 0 bridgehead atoms. The van der Waals surface area contributed by atoms with Crippen LogP contribution >= 0.6 is 19.3 Å². The first-order valence-electron chi connectivity index (χ1n) is 12.7. The number of para-hydroxylation sites is 1. The Hall–Kier alpha value is -3.58. The monoisotopic (exact) mass is 602 g/mol. The zero-order chi connectivity index (χ0) is 29.0. The minimum atomic E-state index is -4.25. The molecule has 0 radical (unpaired) electrons.